The van der Waals surface area contributed by atoms with Gasteiger partial charge in [-0.15, -0.1) is 0 Å². The first-order valence-electron chi connectivity index (χ1n) is 6.80. The Bertz CT molecular complexity index is 551. The highest BCUT2D eigenvalue weighted by Gasteiger charge is 2.30. The molecule has 0 aromatic heterocycles. The van der Waals surface area contributed by atoms with Crippen LogP contribution < -0.4 is 10.6 Å². The molecule has 0 aliphatic carbocycles. The monoisotopic (exact) mass is 329 g/mol. The number of halogens is 2. The second-order valence-electron chi connectivity index (χ2n) is 4.88. The number of benzene rings is 1. The largest absolute Gasteiger partial charge is 0.356 e. The predicted molar refractivity (Wildman–Crippen MR) is 83.8 cm³/mol. The molecule has 1 unspecified atom stereocenters. The van der Waals surface area contributed by atoms with Gasteiger partial charge < -0.3 is 15.5 Å². The first kappa shape index (κ1) is 15.9. The predicted octanol–water partition coefficient (Wildman–Crippen LogP) is 2.98. The summed E-state index contributed by atoms with van der Waals surface area (Å²) in [5.74, 6) is -0.145. The second kappa shape index (κ2) is 7.00. The van der Waals surface area contributed by atoms with E-state index in [0.717, 1.165) is 0 Å². The van der Waals surface area contributed by atoms with Crippen molar-refractivity contribution in [3.63, 3.8) is 0 Å². The summed E-state index contributed by atoms with van der Waals surface area (Å²) in [6.45, 7) is 3.45. The number of likely N-dealkylation sites (tertiary alicyclic amines) is 1. The fraction of sp³-hybridized carbons (Fsp3) is 0.429. The quantitative estimate of drug-likeness (QED) is 0.895. The summed E-state index contributed by atoms with van der Waals surface area (Å²) >= 11 is 11.8. The molecule has 0 saturated carbocycles. The number of amides is 3. The van der Waals surface area contributed by atoms with E-state index in [4.69, 9.17) is 23.2 Å². The van der Waals surface area contributed by atoms with Gasteiger partial charge in [-0.2, -0.15) is 0 Å². The summed E-state index contributed by atoms with van der Waals surface area (Å²) in [5.41, 5.74) is 0.507. The Hall–Kier alpha value is -1.46. The highest BCUT2D eigenvalue weighted by atomic mass is 35.5. The summed E-state index contributed by atoms with van der Waals surface area (Å²) in [6.07, 6.45) is 0.674. The fourth-order valence-electron chi connectivity index (χ4n) is 2.26. The maximum absolute atomic E-state index is 12.2. The lowest BCUT2D eigenvalue weighted by Crippen LogP contribution is -2.36. The van der Waals surface area contributed by atoms with Gasteiger partial charge in [-0.1, -0.05) is 23.2 Å². The molecule has 1 aromatic carbocycles. The van der Waals surface area contributed by atoms with Crippen molar-refractivity contribution >= 4 is 40.8 Å². The van der Waals surface area contributed by atoms with E-state index in [0.29, 0.717) is 41.8 Å². The molecule has 21 heavy (non-hydrogen) atoms. The second-order valence-corrected chi connectivity index (χ2v) is 5.72. The number of anilines is 1. The van der Waals surface area contributed by atoms with Gasteiger partial charge in [-0.05, 0) is 31.5 Å². The first-order valence-corrected chi connectivity index (χ1v) is 7.55. The smallest absolute Gasteiger partial charge is 0.321 e. The Kier molecular flexibility index (Phi) is 5.31. The molecule has 1 saturated heterocycles. The van der Waals surface area contributed by atoms with Crippen LogP contribution in [-0.4, -0.2) is 36.5 Å². The first-order chi connectivity index (χ1) is 10.0. The maximum Gasteiger partial charge on any atom is 0.321 e. The van der Waals surface area contributed by atoms with Crippen LogP contribution in [0, 0.1) is 5.92 Å². The van der Waals surface area contributed by atoms with E-state index in [9.17, 15) is 9.59 Å². The summed E-state index contributed by atoms with van der Waals surface area (Å²) in [6, 6.07) is 4.62. The van der Waals surface area contributed by atoms with Crippen LogP contribution in [0.3, 0.4) is 0 Å². The number of hydrogen-bond acceptors (Lipinski definition) is 2. The SMILES string of the molecule is CCNC(=O)C1CCN(C(=O)Nc2ccc(Cl)cc2Cl)C1. The van der Waals surface area contributed by atoms with E-state index in [1.165, 1.54) is 0 Å². The molecule has 114 valence electrons. The number of carbonyl (C=O) groups is 2. The third kappa shape index (κ3) is 4.02. The number of nitrogens with zero attached hydrogens (tertiary/aromatic N) is 1. The molecular weight excluding hydrogens is 313 g/mol. The molecule has 1 atom stereocenters. The third-order valence-corrected chi connectivity index (χ3v) is 3.92. The number of carbonyl (C=O) groups excluding carboxylic acids is 2. The van der Waals surface area contributed by atoms with E-state index in [-0.39, 0.29) is 17.9 Å². The van der Waals surface area contributed by atoms with Gasteiger partial charge in [0.15, 0.2) is 0 Å². The minimum atomic E-state index is -0.258. The minimum absolute atomic E-state index is 0.00248. The van der Waals surface area contributed by atoms with E-state index in [1.807, 2.05) is 6.92 Å². The van der Waals surface area contributed by atoms with Crippen molar-refractivity contribution in [2.75, 3.05) is 25.0 Å². The van der Waals surface area contributed by atoms with Crippen molar-refractivity contribution in [3.05, 3.63) is 28.2 Å². The molecule has 1 aliphatic rings. The zero-order valence-electron chi connectivity index (χ0n) is 11.7. The van der Waals surface area contributed by atoms with Gasteiger partial charge in [0.2, 0.25) is 5.91 Å². The molecule has 3 amide bonds. The van der Waals surface area contributed by atoms with Crippen LogP contribution in [-0.2, 0) is 4.79 Å². The Morgan fingerprint density at radius 2 is 2.14 bits per heavy atom. The topological polar surface area (TPSA) is 61.4 Å². The molecule has 7 heteroatoms. The average Bonchev–Trinajstić information content (AvgIpc) is 2.92. The average molecular weight is 330 g/mol. The van der Waals surface area contributed by atoms with Gasteiger partial charge in [0.1, 0.15) is 0 Å². The van der Waals surface area contributed by atoms with Crippen LogP contribution in [0.2, 0.25) is 10.0 Å². The fourth-order valence-corrected chi connectivity index (χ4v) is 2.72. The molecule has 1 fully saturated rings. The molecular formula is C14H17Cl2N3O2. The molecule has 1 aliphatic heterocycles. The van der Waals surface area contributed by atoms with Gasteiger partial charge in [0.25, 0.3) is 0 Å². The van der Waals surface area contributed by atoms with Crippen LogP contribution in [0.25, 0.3) is 0 Å². The minimum Gasteiger partial charge on any atom is -0.356 e. The van der Waals surface area contributed by atoms with Crippen molar-refractivity contribution in [2.45, 2.75) is 13.3 Å². The van der Waals surface area contributed by atoms with E-state index < -0.39 is 0 Å². The summed E-state index contributed by atoms with van der Waals surface area (Å²) in [7, 11) is 0. The Balaban J connectivity index is 1.94. The summed E-state index contributed by atoms with van der Waals surface area (Å²) in [5, 5.41) is 6.41. The standard InChI is InChI=1S/C14H17Cl2N3O2/c1-2-17-13(20)9-5-6-19(8-9)14(21)18-12-4-3-10(15)7-11(12)16/h3-4,7,9H,2,5-6,8H2,1H3,(H,17,20)(H,18,21). The zero-order valence-corrected chi connectivity index (χ0v) is 13.2. The molecule has 2 rings (SSSR count). The molecule has 1 heterocycles. The molecule has 0 bridgehead atoms. The highest BCUT2D eigenvalue weighted by Crippen LogP contribution is 2.26. The number of nitrogens with one attached hydrogen (secondary N) is 2. The van der Waals surface area contributed by atoms with Gasteiger partial charge in [-0.25, -0.2) is 4.79 Å². The molecule has 0 spiro atoms. The normalized spacial score (nSPS) is 17.7. The van der Waals surface area contributed by atoms with E-state index >= 15 is 0 Å². The molecule has 0 radical (unpaired) electrons. The van der Waals surface area contributed by atoms with Crippen molar-refractivity contribution in [3.8, 4) is 0 Å². The van der Waals surface area contributed by atoms with Crippen LogP contribution in [0.15, 0.2) is 18.2 Å². The van der Waals surface area contributed by atoms with Gasteiger partial charge in [0, 0.05) is 24.7 Å². The van der Waals surface area contributed by atoms with Gasteiger partial charge in [-0.3, -0.25) is 4.79 Å². The van der Waals surface area contributed by atoms with Crippen molar-refractivity contribution in [2.24, 2.45) is 5.92 Å². The van der Waals surface area contributed by atoms with Crippen molar-refractivity contribution in [1.82, 2.24) is 10.2 Å². The lowest BCUT2D eigenvalue weighted by Gasteiger charge is -2.18. The van der Waals surface area contributed by atoms with Crippen LogP contribution in [0.5, 0.6) is 0 Å². The number of urea groups is 1. The zero-order chi connectivity index (χ0) is 15.4. The van der Waals surface area contributed by atoms with Crippen LogP contribution >= 0.6 is 23.2 Å². The molecule has 5 nitrogen and oxygen atoms in total. The van der Waals surface area contributed by atoms with Crippen molar-refractivity contribution < 1.29 is 9.59 Å². The highest BCUT2D eigenvalue weighted by molar-refractivity contribution is 6.36. The van der Waals surface area contributed by atoms with Crippen LogP contribution in [0.4, 0.5) is 10.5 Å². The molecule has 2 N–H and O–H groups in total. The van der Waals surface area contributed by atoms with E-state index in [1.54, 1.807) is 23.1 Å². The lowest BCUT2D eigenvalue weighted by atomic mass is 10.1. The Morgan fingerprint density at radius 1 is 1.38 bits per heavy atom. The third-order valence-electron chi connectivity index (χ3n) is 3.37. The van der Waals surface area contributed by atoms with E-state index in [2.05, 4.69) is 10.6 Å². The van der Waals surface area contributed by atoms with Gasteiger partial charge in [0.05, 0.1) is 16.6 Å². The number of hydrogen-bond donors (Lipinski definition) is 2. The Morgan fingerprint density at radius 3 is 2.81 bits per heavy atom. The molecule has 1 aromatic rings. The Labute approximate surface area is 133 Å². The number of rotatable bonds is 3. The lowest BCUT2D eigenvalue weighted by molar-refractivity contribution is -0.124. The van der Waals surface area contributed by atoms with Crippen LogP contribution in [0.1, 0.15) is 13.3 Å². The van der Waals surface area contributed by atoms with Gasteiger partial charge >= 0.3 is 6.03 Å². The van der Waals surface area contributed by atoms with Crippen molar-refractivity contribution in [1.29, 1.82) is 0 Å². The summed E-state index contributed by atoms with van der Waals surface area (Å²) in [4.78, 5) is 25.5. The summed E-state index contributed by atoms with van der Waals surface area (Å²) < 4.78 is 0. The maximum atomic E-state index is 12.2.